The summed E-state index contributed by atoms with van der Waals surface area (Å²) in [5.74, 6) is 0.249. The Hall–Kier alpha value is -1.46. The van der Waals surface area contributed by atoms with Crippen LogP contribution < -0.4 is 5.32 Å². The van der Waals surface area contributed by atoms with E-state index in [4.69, 9.17) is 0 Å². The average Bonchev–Trinajstić information content (AvgIpc) is 2.84. The maximum Gasteiger partial charge on any atom is 0.234 e. The van der Waals surface area contributed by atoms with Gasteiger partial charge < -0.3 is 10.4 Å². The third kappa shape index (κ3) is 3.33. The summed E-state index contributed by atoms with van der Waals surface area (Å²) in [5.41, 5.74) is 1.27. The van der Waals surface area contributed by atoms with E-state index in [1.807, 2.05) is 0 Å². The number of amides is 1. The van der Waals surface area contributed by atoms with Crippen molar-refractivity contribution in [2.75, 3.05) is 32.8 Å². The average molecular weight is 334 g/mol. The normalized spacial score (nSPS) is 28.2. The lowest BCUT2D eigenvalue weighted by Crippen LogP contribution is -2.54. The first-order valence-corrected chi connectivity index (χ1v) is 8.69. The Balaban J connectivity index is 1.44. The third-order valence-electron chi connectivity index (χ3n) is 5.80. The van der Waals surface area contributed by atoms with Crippen molar-refractivity contribution in [1.29, 1.82) is 0 Å². The summed E-state index contributed by atoms with van der Waals surface area (Å²) in [6, 6.07) is 6.36. The second kappa shape index (κ2) is 6.45. The van der Waals surface area contributed by atoms with E-state index in [-0.39, 0.29) is 29.2 Å². The highest BCUT2D eigenvalue weighted by molar-refractivity contribution is 5.78. The molecule has 1 aliphatic heterocycles. The van der Waals surface area contributed by atoms with E-state index < -0.39 is 0 Å². The van der Waals surface area contributed by atoms with Crippen LogP contribution in [0.2, 0.25) is 0 Å². The molecule has 1 heterocycles. The second-order valence-electron chi connectivity index (χ2n) is 8.13. The van der Waals surface area contributed by atoms with Crippen molar-refractivity contribution in [3.05, 3.63) is 35.6 Å². The van der Waals surface area contributed by atoms with E-state index in [1.54, 1.807) is 12.1 Å². The van der Waals surface area contributed by atoms with Gasteiger partial charge >= 0.3 is 0 Å². The highest BCUT2D eigenvalue weighted by atomic mass is 19.1. The number of halogens is 1. The minimum Gasteiger partial charge on any atom is -0.396 e. The largest absolute Gasteiger partial charge is 0.396 e. The molecule has 0 spiro atoms. The standard InChI is InChI=1S/C19H27FN2O2/c1-18(2)11-19(13-23)12-22(9-16(18)19)10-17(24)21-8-7-14-3-5-15(20)6-4-14/h3-6,16,23H,7-13H2,1-2H3,(H,21,24)/t16-,19-/m1/s1. The van der Waals surface area contributed by atoms with Crippen LogP contribution in [0.5, 0.6) is 0 Å². The zero-order valence-corrected chi connectivity index (χ0v) is 14.5. The van der Waals surface area contributed by atoms with Gasteiger partial charge in [-0.05, 0) is 41.9 Å². The van der Waals surface area contributed by atoms with Crippen LogP contribution in [0.25, 0.3) is 0 Å². The molecule has 132 valence electrons. The Kier molecular flexibility index (Phi) is 4.67. The van der Waals surface area contributed by atoms with Gasteiger partial charge in [-0.2, -0.15) is 0 Å². The van der Waals surface area contributed by atoms with Crippen molar-refractivity contribution < 1.29 is 14.3 Å². The van der Waals surface area contributed by atoms with Crippen molar-refractivity contribution in [3.8, 4) is 0 Å². The first-order chi connectivity index (χ1) is 11.3. The molecule has 1 aliphatic carbocycles. The molecule has 1 saturated carbocycles. The van der Waals surface area contributed by atoms with Crippen molar-refractivity contribution in [3.63, 3.8) is 0 Å². The Bertz CT molecular complexity index is 602. The lowest BCUT2D eigenvalue weighted by molar-refractivity contribution is -0.122. The molecule has 4 nitrogen and oxygen atoms in total. The molecule has 0 aromatic heterocycles. The third-order valence-corrected chi connectivity index (χ3v) is 5.80. The summed E-state index contributed by atoms with van der Waals surface area (Å²) in [6.45, 7) is 7.34. The maximum absolute atomic E-state index is 12.9. The zero-order valence-electron chi connectivity index (χ0n) is 14.5. The molecule has 1 aromatic rings. The summed E-state index contributed by atoms with van der Waals surface area (Å²) in [6.07, 6.45) is 1.73. The summed E-state index contributed by atoms with van der Waals surface area (Å²) in [4.78, 5) is 14.3. The predicted molar refractivity (Wildman–Crippen MR) is 91.0 cm³/mol. The number of carbonyl (C=O) groups is 1. The highest BCUT2D eigenvalue weighted by Gasteiger charge is 2.62. The van der Waals surface area contributed by atoms with Crippen molar-refractivity contribution in [2.24, 2.45) is 16.7 Å². The number of aliphatic hydroxyl groups is 1. The van der Waals surface area contributed by atoms with E-state index in [0.29, 0.717) is 25.4 Å². The molecule has 2 N–H and O–H groups in total. The molecule has 1 aromatic carbocycles. The first-order valence-electron chi connectivity index (χ1n) is 8.69. The topological polar surface area (TPSA) is 52.6 Å². The first kappa shape index (κ1) is 17.4. The molecule has 2 fully saturated rings. The van der Waals surface area contributed by atoms with E-state index in [1.165, 1.54) is 12.1 Å². The second-order valence-corrected chi connectivity index (χ2v) is 8.13. The number of benzene rings is 1. The lowest BCUT2D eigenvalue weighted by Gasteiger charge is -2.56. The van der Waals surface area contributed by atoms with Gasteiger partial charge in [0.15, 0.2) is 0 Å². The minimum atomic E-state index is -0.243. The SMILES string of the molecule is CC1(C)C[C@]2(CO)CN(CC(=O)NCCc3ccc(F)cc3)C[C@H]12. The van der Waals surface area contributed by atoms with Crippen molar-refractivity contribution >= 4 is 5.91 Å². The van der Waals surface area contributed by atoms with Crippen LogP contribution >= 0.6 is 0 Å². The van der Waals surface area contributed by atoms with Gasteiger partial charge in [0.05, 0.1) is 13.2 Å². The number of nitrogens with zero attached hydrogens (tertiary/aromatic N) is 1. The highest BCUT2D eigenvalue weighted by Crippen LogP contribution is 2.62. The number of rotatable bonds is 6. The molecule has 2 atom stereocenters. The van der Waals surface area contributed by atoms with Gasteiger partial charge in [0.25, 0.3) is 0 Å². The van der Waals surface area contributed by atoms with Gasteiger partial charge in [0.2, 0.25) is 5.91 Å². The fourth-order valence-corrected chi connectivity index (χ4v) is 4.82. The van der Waals surface area contributed by atoms with Gasteiger partial charge in [-0.25, -0.2) is 4.39 Å². The van der Waals surface area contributed by atoms with Crippen LogP contribution in [0.3, 0.4) is 0 Å². The molecule has 24 heavy (non-hydrogen) atoms. The van der Waals surface area contributed by atoms with Crippen molar-refractivity contribution in [2.45, 2.75) is 26.7 Å². The van der Waals surface area contributed by atoms with Gasteiger partial charge in [-0.15, -0.1) is 0 Å². The van der Waals surface area contributed by atoms with E-state index in [9.17, 15) is 14.3 Å². The molecular weight excluding hydrogens is 307 g/mol. The van der Waals surface area contributed by atoms with Gasteiger partial charge in [0.1, 0.15) is 5.82 Å². The molecule has 3 rings (SSSR count). The quantitative estimate of drug-likeness (QED) is 0.834. The summed E-state index contributed by atoms with van der Waals surface area (Å²) in [7, 11) is 0. The molecule has 0 radical (unpaired) electrons. The molecule has 2 aliphatic rings. The zero-order chi connectivity index (χ0) is 17.4. The molecule has 0 bridgehead atoms. The smallest absolute Gasteiger partial charge is 0.234 e. The van der Waals surface area contributed by atoms with Gasteiger partial charge in [0, 0.05) is 25.0 Å². The number of hydrogen-bond acceptors (Lipinski definition) is 3. The van der Waals surface area contributed by atoms with Crippen LogP contribution in [-0.4, -0.2) is 48.7 Å². The number of carbonyl (C=O) groups excluding carboxylic acids is 1. The number of nitrogens with one attached hydrogen (secondary N) is 1. The van der Waals surface area contributed by atoms with Crippen LogP contribution in [-0.2, 0) is 11.2 Å². The van der Waals surface area contributed by atoms with Crippen LogP contribution in [0.15, 0.2) is 24.3 Å². The number of likely N-dealkylation sites (tertiary alicyclic amines) is 1. The van der Waals surface area contributed by atoms with Crippen LogP contribution in [0.1, 0.15) is 25.8 Å². The van der Waals surface area contributed by atoms with Gasteiger partial charge in [-0.3, -0.25) is 9.69 Å². The van der Waals surface area contributed by atoms with E-state index in [2.05, 4.69) is 24.1 Å². The fraction of sp³-hybridized carbons (Fsp3) is 0.632. The fourth-order valence-electron chi connectivity index (χ4n) is 4.82. The van der Waals surface area contributed by atoms with E-state index >= 15 is 0 Å². The number of aliphatic hydroxyl groups excluding tert-OH is 1. The Morgan fingerprint density at radius 2 is 2.08 bits per heavy atom. The molecular formula is C19H27FN2O2. The minimum absolute atomic E-state index is 0.00209. The Morgan fingerprint density at radius 3 is 2.67 bits per heavy atom. The van der Waals surface area contributed by atoms with Gasteiger partial charge in [-0.1, -0.05) is 26.0 Å². The van der Waals surface area contributed by atoms with Crippen LogP contribution in [0.4, 0.5) is 4.39 Å². The van der Waals surface area contributed by atoms with Crippen LogP contribution in [0, 0.1) is 22.6 Å². The Labute approximate surface area is 143 Å². The Morgan fingerprint density at radius 1 is 1.38 bits per heavy atom. The summed E-state index contributed by atoms with van der Waals surface area (Å²) < 4.78 is 12.9. The molecule has 0 unspecified atom stereocenters. The number of hydrogen-bond donors (Lipinski definition) is 2. The van der Waals surface area contributed by atoms with Crippen molar-refractivity contribution in [1.82, 2.24) is 10.2 Å². The number of fused-ring (bicyclic) bond motifs is 1. The summed E-state index contributed by atoms with van der Waals surface area (Å²) in [5, 5.41) is 12.7. The molecule has 5 heteroatoms. The maximum atomic E-state index is 12.9. The molecule has 1 saturated heterocycles. The van der Waals surface area contributed by atoms with E-state index in [0.717, 1.165) is 25.1 Å². The predicted octanol–water partition coefficient (Wildman–Crippen LogP) is 1.82. The molecule has 1 amide bonds. The lowest BCUT2D eigenvalue weighted by atomic mass is 9.48. The summed E-state index contributed by atoms with van der Waals surface area (Å²) >= 11 is 0. The monoisotopic (exact) mass is 334 g/mol.